The summed E-state index contributed by atoms with van der Waals surface area (Å²) in [5, 5.41) is 6.58. The summed E-state index contributed by atoms with van der Waals surface area (Å²) in [4.78, 5) is 4.62. The van der Waals surface area contributed by atoms with Gasteiger partial charge in [0.25, 0.3) is 0 Å². The zero-order valence-corrected chi connectivity index (χ0v) is 18.2. The maximum absolute atomic E-state index is 5.34. The van der Waals surface area contributed by atoms with Gasteiger partial charge in [-0.05, 0) is 31.0 Å². The van der Waals surface area contributed by atoms with Crippen molar-refractivity contribution in [1.82, 2.24) is 10.6 Å². The fourth-order valence-corrected chi connectivity index (χ4v) is 2.35. The fraction of sp³-hybridized carbons (Fsp3) is 0.562. The Balaban J connectivity index is 0.00000484. The van der Waals surface area contributed by atoms with Gasteiger partial charge >= 0.3 is 0 Å². The van der Waals surface area contributed by atoms with Gasteiger partial charge in [-0.25, -0.2) is 4.99 Å². The maximum atomic E-state index is 5.34. The van der Waals surface area contributed by atoms with E-state index in [1.807, 2.05) is 12.1 Å². The maximum Gasteiger partial charge on any atom is 0.191 e. The van der Waals surface area contributed by atoms with Gasteiger partial charge in [-0.15, -0.1) is 24.0 Å². The van der Waals surface area contributed by atoms with Crippen molar-refractivity contribution in [2.24, 2.45) is 4.99 Å². The molecule has 0 atom stereocenters. The molecule has 0 bridgehead atoms. The zero-order valence-electron chi connectivity index (χ0n) is 14.2. The standard InChI is InChI=1S/C16H26BrN3O2.HI/c1-5-7-8-19-16(18-6-2)20-11-12-9-14(21-3)15(22-4)10-13(12)17;/h9-10H,5-8,11H2,1-4H3,(H2,18,19,20);1H. The van der Waals surface area contributed by atoms with Crippen molar-refractivity contribution < 1.29 is 9.47 Å². The van der Waals surface area contributed by atoms with E-state index in [2.05, 4.69) is 45.4 Å². The first-order valence-corrected chi connectivity index (χ1v) is 8.38. The number of hydrogen-bond acceptors (Lipinski definition) is 3. The number of guanidine groups is 1. The van der Waals surface area contributed by atoms with E-state index in [-0.39, 0.29) is 24.0 Å². The number of benzene rings is 1. The molecule has 0 radical (unpaired) electrons. The topological polar surface area (TPSA) is 54.9 Å². The van der Waals surface area contributed by atoms with Gasteiger partial charge in [0.1, 0.15) is 0 Å². The molecule has 0 spiro atoms. The summed E-state index contributed by atoms with van der Waals surface area (Å²) in [7, 11) is 3.26. The highest BCUT2D eigenvalue weighted by molar-refractivity contribution is 14.0. The van der Waals surface area contributed by atoms with Crippen LogP contribution in [0.25, 0.3) is 0 Å². The molecule has 0 saturated carbocycles. The summed E-state index contributed by atoms with van der Waals surface area (Å²) in [5.41, 5.74) is 1.05. The molecule has 1 rings (SSSR count). The van der Waals surface area contributed by atoms with Crippen LogP contribution in [0.15, 0.2) is 21.6 Å². The molecule has 0 heterocycles. The summed E-state index contributed by atoms with van der Waals surface area (Å²) >= 11 is 3.56. The highest BCUT2D eigenvalue weighted by Gasteiger charge is 2.09. The number of hydrogen-bond donors (Lipinski definition) is 2. The highest BCUT2D eigenvalue weighted by atomic mass is 127. The zero-order chi connectivity index (χ0) is 16.4. The molecule has 2 N–H and O–H groups in total. The molecule has 0 aliphatic carbocycles. The Morgan fingerprint density at radius 1 is 1.13 bits per heavy atom. The van der Waals surface area contributed by atoms with Crippen molar-refractivity contribution in [3.63, 3.8) is 0 Å². The van der Waals surface area contributed by atoms with Crippen LogP contribution in [0.4, 0.5) is 0 Å². The van der Waals surface area contributed by atoms with Crippen LogP contribution in [0.2, 0.25) is 0 Å². The molecule has 0 aromatic heterocycles. The van der Waals surface area contributed by atoms with E-state index in [9.17, 15) is 0 Å². The van der Waals surface area contributed by atoms with E-state index < -0.39 is 0 Å². The van der Waals surface area contributed by atoms with Crippen molar-refractivity contribution in [2.75, 3.05) is 27.3 Å². The first-order valence-electron chi connectivity index (χ1n) is 7.58. The molecule has 7 heteroatoms. The Morgan fingerprint density at radius 3 is 2.35 bits per heavy atom. The first kappa shape index (κ1) is 22.3. The molecular weight excluding hydrogens is 473 g/mol. The molecule has 1 aromatic carbocycles. The van der Waals surface area contributed by atoms with Crippen LogP contribution < -0.4 is 20.1 Å². The van der Waals surface area contributed by atoms with Crippen LogP contribution in [0.3, 0.4) is 0 Å². The monoisotopic (exact) mass is 499 g/mol. The molecule has 0 aliphatic rings. The Bertz CT molecular complexity index is 498. The lowest BCUT2D eigenvalue weighted by molar-refractivity contribution is 0.354. The number of nitrogens with zero attached hydrogens (tertiary/aromatic N) is 1. The minimum atomic E-state index is 0. The molecule has 1 aromatic rings. The molecule has 0 saturated heterocycles. The van der Waals surface area contributed by atoms with E-state index in [0.29, 0.717) is 18.0 Å². The van der Waals surface area contributed by atoms with Gasteiger partial charge in [0, 0.05) is 17.6 Å². The van der Waals surface area contributed by atoms with Crippen molar-refractivity contribution >= 4 is 45.9 Å². The van der Waals surface area contributed by atoms with Gasteiger partial charge < -0.3 is 20.1 Å². The number of halogens is 2. The number of nitrogens with one attached hydrogen (secondary N) is 2. The van der Waals surface area contributed by atoms with Gasteiger partial charge in [0.2, 0.25) is 0 Å². The van der Waals surface area contributed by atoms with Crippen LogP contribution in [0.5, 0.6) is 11.5 Å². The van der Waals surface area contributed by atoms with Crippen LogP contribution in [-0.4, -0.2) is 33.3 Å². The summed E-state index contributed by atoms with van der Waals surface area (Å²) in [6, 6.07) is 3.85. The summed E-state index contributed by atoms with van der Waals surface area (Å²) < 4.78 is 11.6. The van der Waals surface area contributed by atoms with Crippen LogP contribution in [0.1, 0.15) is 32.3 Å². The quantitative estimate of drug-likeness (QED) is 0.246. The SMILES string of the molecule is CCCCNC(=NCc1cc(OC)c(OC)cc1Br)NCC.I. The number of methoxy groups -OCH3 is 2. The number of rotatable bonds is 8. The lowest BCUT2D eigenvalue weighted by Gasteiger charge is -2.13. The van der Waals surface area contributed by atoms with Crippen LogP contribution >= 0.6 is 39.9 Å². The minimum absolute atomic E-state index is 0. The van der Waals surface area contributed by atoms with Gasteiger partial charge in [0.05, 0.1) is 20.8 Å². The first-order chi connectivity index (χ1) is 10.7. The van der Waals surface area contributed by atoms with Crippen LogP contribution in [0, 0.1) is 0 Å². The minimum Gasteiger partial charge on any atom is -0.493 e. The molecule has 132 valence electrons. The Labute approximate surface area is 164 Å². The second-order valence-corrected chi connectivity index (χ2v) is 5.63. The van der Waals surface area contributed by atoms with Gasteiger partial charge in [-0.1, -0.05) is 29.3 Å². The van der Waals surface area contributed by atoms with E-state index in [4.69, 9.17) is 9.47 Å². The van der Waals surface area contributed by atoms with Gasteiger partial charge in [-0.2, -0.15) is 0 Å². The van der Waals surface area contributed by atoms with Crippen molar-refractivity contribution in [2.45, 2.75) is 33.2 Å². The van der Waals surface area contributed by atoms with Crippen molar-refractivity contribution in [3.05, 3.63) is 22.2 Å². The summed E-state index contributed by atoms with van der Waals surface area (Å²) in [5.74, 6) is 2.24. The largest absolute Gasteiger partial charge is 0.493 e. The third-order valence-electron chi connectivity index (χ3n) is 3.13. The predicted molar refractivity (Wildman–Crippen MR) is 110 cm³/mol. The summed E-state index contributed by atoms with van der Waals surface area (Å²) in [6.45, 7) is 6.55. The molecular formula is C16H27BrIN3O2. The van der Waals surface area contributed by atoms with Crippen molar-refractivity contribution in [1.29, 1.82) is 0 Å². The molecule has 0 fully saturated rings. The fourth-order valence-electron chi connectivity index (χ4n) is 1.91. The third-order valence-corrected chi connectivity index (χ3v) is 3.87. The van der Waals surface area contributed by atoms with E-state index in [0.717, 1.165) is 41.9 Å². The number of unbranched alkanes of at least 4 members (excludes halogenated alkanes) is 1. The Kier molecular flexibility index (Phi) is 12.3. The smallest absolute Gasteiger partial charge is 0.191 e. The second kappa shape index (κ2) is 12.7. The van der Waals surface area contributed by atoms with Crippen molar-refractivity contribution in [3.8, 4) is 11.5 Å². The lowest BCUT2D eigenvalue weighted by atomic mass is 10.2. The normalized spacial score (nSPS) is 10.7. The predicted octanol–water partition coefficient (Wildman–Crippen LogP) is 3.94. The highest BCUT2D eigenvalue weighted by Crippen LogP contribution is 2.33. The van der Waals surface area contributed by atoms with E-state index in [1.165, 1.54) is 0 Å². The second-order valence-electron chi connectivity index (χ2n) is 4.77. The Hall–Kier alpha value is -0.700. The molecule has 0 aliphatic heterocycles. The third kappa shape index (κ3) is 7.60. The van der Waals surface area contributed by atoms with Gasteiger partial charge in [0.15, 0.2) is 17.5 Å². The average molecular weight is 500 g/mol. The molecule has 23 heavy (non-hydrogen) atoms. The molecule has 0 amide bonds. The van der Waals surface area contributed by atoms with E-state index in [1.54, 1.807) is 14.2 Å². The Morgan fingerprint density at radius 2 is 1.78 bits per heavy atom. The molecule has 5 nitrogen and oxygen atoms in total. The lowest BCUT2D eigenvalue weighted by Crippen LogP contribution is -2.37. The van der Waals surface area contributed by atoms with Gasteiger partial charge in [-0.3, -0.25) is 0 Å². The molecule has 0 unspecified atom stereocenters. The number of ether oxygens (including phenoxy) is 2. The summed E-state index contributed by atoms with van der Waals surface area (Å²) in [6.07, 6.45) is 2.29. The number of aliphatic imine (C=N–C) groups is 1. The average Bonchev–Trinajstić information content (AvgIpc) is 2.53. The van der Waals surface area contributed by atoms with E-state index >= 15 is 0 Å². The van der Waals surface area contributed by atoms with Crippen LogP contribution in [-0.2, 0) is 6.54 Å².